The first kappa shape index (κ1) is 11.4. The van der Waals surface area contributed by atoms with E-state index in [-0.39, 0.29) is 5.69 Å². The second-order valence-corrected chi connectivity index (χ2v) is 4.14. The zero-order valence-electron chi connectivity index (χ0n) is 8.61. The van der Waals surface area contributed by atoms with E-state index >= 15 is 0 Å². The van der Waals surface area contributed by atoms with Crippen LogP contribution in [0.25, 0.3) is 0 Å². The molecule has 1 aromatic carbocycles. The summed E-state index contributed by atoms with van der Waals surface area (Å²) in [4.78, 5) is 10.7. The normalized spacial score (nSPS) is 10.2. The van der Waals surface area contributed by atoms with Crippen molar-refractivity contribution in [2.45, 2.75) is 0 Å². The maximum absolute atomic E-state index is 13.4. The second-order valence-electron chi connectivity index (χ2n) is 3.36. The molecular weight excluding hydrogens is 243 g/mol. The molecule has 0 aliphatic carbocycles. The molecule has 17 heavy (non-hydrogen) atoms. The summed E-state index contributed by atoms with van der Waals surface area (Å²) in [6.45, 7) is 0. The predicted molar refractivity (Wildman–Crippen MR) is 65.4 cm³/mol. The van der Waals surface area contributed by atoms with E-state index in [2.05, 4.69) is 5.32 Å². The molecular formula is C11H9FN2O2S. The molecule has 0 unspecified atom stereocenters. The Kier molecular flexibility index (Phi) is 2.97. The third-order valence-corrected chi connectivity index (χ3v) is 2.85. The van der Waals surface area contributed by atoms with Crippen molar-refractivity contribution in [1.29, 1.82) is 0 Å². The molecule has 0 fully saturated rings. The van der Waals surface area contributed by atoms with Gasteiger partial charge in [-0.05, 0) is 17.5 Å². The molecule has 0 radical (unpaired) electrons. The third kappa shape index (κ3) is 2.36. The summed E-state index contributed by atoms with van der Waals surface area (Å²) in [6, 6.07) is 4.00. The molecule has 2 rings (SSSR count). The number of carbonyl (C=O) groups is 1. The van der Waals surface area contributed by atoms with Crippen molar-refractivity contribution in [2.24, 2.45) is 0 Å². The van der Waals surface area contributed by atoms with Crippen LogP contribution in [0.2, 0.25) is 0 Å². The Hall–Kier alpha value is -2.08. The molecule has 0 bridgehead atoms. The molecule has 0 amide bonds. The van der Waals surface area contributed by atoms with Gasteiger partial charge in [0, 0.05) is 17.1 Å². The number of rotatable bonds is 3. The van der Waals surface area contributed by atoms with Crippen molar-refractivity contribution in [3.8, 4) is 0 Å². The number of benzene rings is 1. The Labute approximate surface area is 101 Å². The number of aromatic carboxylic acids is 1. The number of carboxylic acid groups (broad SMARTS) is 1. The van der Waals surface area contributed by atoms with Crippen LogP contribution < -0.4 is 11.1 Å². The van der Waals surface area contributed by atoms with Gasteiger partial charge >= 0.3 is 5.97 Å². The van der Waals surface area contributed by atoms with E-state index in [0.717, 1.165) is 17.8 Å². The summed E-state index contributed by atoms with van der Waals surface area (Å²) in [5, 5.41) is 15.3. The molecule has 6 heteroatoms. The fourth-order valence-corrected chi connectivity index (χ4v) is 1.94. The summed E-state index contributed by atoms with van der Waals surface area (Å²) in [5.41, 5.74) is 6.55. The number of hydrogen-bond acceptors (Lipinski definition) is 4. The number of anilines is 3. The van der Waals surface area contributed by atoms with Crippen LogP contribution in [0.15, 0.2) is 29.0 Å². The summed E-state index contributed by atoms with van der Waals surface area (Å²) in [7, 11) is 0. The summed E-state index contributed by atoms with van der Waals surface area (Å²) < 4.78 is 13.4. The van der Waals surface area contributed by atoms with E-state index in [1.54, 1.807) is 0 Å². The van der Waals surface area contributed by atoms with E-state index in [9.17, 15) is 9.18 Å². The first-order chi connectivity index (χ1) is 8.08. The molecule has 0 aliphatic heterocycles. The maximum Gasteiger partial charge on any atom is 0.338 e. The Balaban J connectivity index is 2.36. The fourth-order valence-electron chi connectivity index (χ4n) is 1.35. The van der Waals surface area contributed by atoms with Crippen LogP contribution in [0, 0.1) is 5.82 Å². The summed E-state index contributed by atoms with van der Waals surface area (Å²) in [6.07, 6.45) is 0. The van der Waals surface area contributed by atoms with Crippen molar-refractivity contribution >= 4 is 34.4 Å². The number of carboxylic acids is 1. The Morgan fingerprint density at radius 2 is 2.24 bits per heavy atom. The number of nitrogens with one attached hydrogen (secondary N) is 1. The molecule has 0 spiro atoms. The first-order valence-electron chi connectivity index (χ1n) is 4.69. The maximum atomic E-state index is 13.4. The minimum absolute atomic E-state index is 0.190. The second kappa shape index (κ2) is 4.42. The van der Waals surface area contributed by atoms with Crippen molar-refractivity contribution < 1.29 is 14.3 Å². The Morgan fingerprint density at radius 1 is 1.47 bits per heavy atom. The lowest BCUT2D eigenvalue weighted by molar-refractivity contribution is 0.0692. The monoisotopic (exact) mass is 252 g/mol. The molecule has 1 aromatic heterocycles. The molecule has 0 saturated heterocycles. The van der Waals surface area contributed by atoms with Crippen molar-refractivity contribution in [3.63, 3.8) is 0 Å². The van der Waals surface area contributed by atoms with E-state index in [1.165, 1.54) is 11.3 Å². The average Bonchev–Trinajstić information content (AvgIpc) is 2.75. The lowest BCUT2D eigenvalue weighted by Crippen LogP contribution is -2.04. The standard InChI is InChI=1S/C11H9FN2O2S/c12-8-4-10(14-6-1-2-17-5-6)9(13)3-7(8)11(15)16/h1-5,14H,13H2,(H,15,16). The van der Waals surface area contributed by atoms with Crippen molar-refractivity contribution in [3.05, 3.63) is 40.3 Å². The van der Waals surface area contributed by atoms with Gasteiger partial charge in [0.25, 0.3) is 0 Å². The number of nitrogens with two attached hydrogens (primary N) is 1. The van der Waals surface area contributed by atoms with E-state index in [0.29, 0.717) is 5.69 Å². The van der Waals surface area contributed by atoms with Crippen molar-refractivity contribution in [1.82, 2.24) is 0 Å². The third-order valence-electron chi connectivity index (χ3n) is 2.17. The van der Waals surface area contributed by atoms with Gasteiger partial charge in [-0.2, -0.15) is 11.3 Å². The largest absolute Gasteiger partial charge is 0.478 e. The molecule has 2 aromatic rings. The molecule has 0 saturated carbocycles. The average molecular weight is 252 g/mol. The Morgan fingerprint density at radius 3 is 2.82 bits per heavy atom. The van der Waals surface area contributed by atoms with Gasteiger partial charge in [-0.1, -0.05) is 0 Å². The highest BCUT2D eigenvalue weighted by atomic mass is 32.1. The van der Waals surface area contributed by atoms with Gasteiger partial charge in [0.15, 0.2) is 0 Å². The summed E-state index contributed by atoms with van der Waals surface area (Å²) >= 11 is 1.49. The highest BCUT2D eigenvalue weighted by molar-refractivity contribution is 7.08. The summed E-state index contributed by atoms with van der Waals surface area (Å²) in [5.74, 6) is -2.15. The molecule has 1 heterocycles. The van der Waals surface area contributed by atoms with Crippen LogP contribution in [-0.2, 0) is 0 Å². The highest BCUT2D eigenvalue weighted by Crippen LogP contribution is 2.27. The van der Waals surface area contributed by atoms with Crippen LogP contribution in [-0.4, -0.2) is 11.1 Å². The van der Waals surface area contributed by atoms with E-state index in [4.69, 9.17) is 10.8 Å². The van der Waals surface area contributed by atoms with Gasteiger partial charge in [-0.3, -0.25) is 0 Å². The van der Waals surface area contributed by atoms with Gasteiger partial charge < -0.3 is 16.2 Å². The molecule has 4 N–H and O–H groups in total. The SMILES string of the molecule is Nc1cc(C(=O)O)c(F)cc1Nc1ccsc1. The fraction of sp³-hybridized carbons (Fsp3) is 0. The van der Waals surface area contributed by atoms with Gasteiger partial charge in [0.2, 0.25) is 0 Å². The number of nitrogen functional groups attached to an aromatic ring is 1. The smallest absolute Gasteiger partial charge is 0.338 e. The lowest BCUT2D eigenvalue weighted by atomic mass is 10.1. The van der Waals surface area contributed by atoms with Crippen LogP contribution >= 0.6 is 11.3 Å². The molecule has 88 valence electrons. The van der Waals surface area contributed by atoms with Crippen molar-refractivity contribution in [2.75, 3.05) is 11.1 Å². The van der Waals surface area contributed by atoms with Crippen LogP contribution in [0.1, 0.15) is 10.4 Å². The first-order valence-corrected chi connectivity index (χ1v) is 5.63. The minimum atomic E-state index is -1.34. The van der Waals surface area contributed by atoms with Gasteiger partial charge in [0.05, 0.1) is 16.9 Å². The van der Waals surface area contributed by atoms with Crippen LogP contribution in [0.5, 0.6) is 0 Å². The van der Waals surface area contributed by atoms with E-state index in [1.807, 2.05) is 16.8 Å². The van der Waals surface area contributed by atoms with E-state index < -0.39 is 17.3 Å². The predicted octanol–water partition coefficient (Wildman–Crippen LogP) is 2.91. The lowest BCUT2D eigenvalue weighted by Gasteiger charge is -2.09. The quantitative estimate of drug-likeness (QED) is 0.734. The Bertz CT molecular complexity index is 555. The topological polar surface area (TPSA) is 75.4 Å². The van der Waals surface area contributed by atoms with Gasteiger partial charge in [0.1, 0.15) is 5.82 Å². The van der Waals surface area contributed by atoms with Crippen LogP contribution in [0.3, 0.4) is 0 Å². The zero-order valence-corrected chi connectivity index (χ0v) is 9.42. The number of thiophene rings is 1. The van der Waals surface area contributed by atoms with Gasteiger partial charge in [-0.25, -0.2) is 9.18 Å². The van der Waals surface area contributed by atoms with Crippen LogP contribution in [0.4, 0.5) is 21.5 Å². The zero-order chi connectivity index (χ0) is 12.4. The molecule has 0 aliphatic rings. The molecule has 0 atom stereocenters. The minimum Gasteiger partial charge on any atom is -0.478 e. The van der Waals surface area contributed by atoms with Gasteiger partial charge in [-0.15, -0.1) is 0 Å². The highest BCUT2D eigenvalue weighted by Gasteiger charge is 2.13. The number of hydrogen-bond donors (Lipinski definition) is 3. The number of halogens is 1. The molecule has 4 nitrogen and oxygen atoms in total.